The highest BCUT2D eigenvalue weighted by Gasteiger charge is 2.23. The molecular formula is C12H15NO2. The molecule has 0 saturated heterocycles. The molecule has 1 heterocycles. The zero-order valence-electron chi connectivity index (χ0n) is 9.12. The van der Waals surface area contributed by atoms with Gasteiger partial charge < -0.3 is 4.74 Å². The minimum absolute atomic E-state index is 0.133. The highest BCUT2D eigenvalue weighted by Crippen LogP contribution is 2.31. The van der Waals surface area contributed by atoms with Crippen LogP contribution in [0.3, 0.4) is 0 Å². The number of esters is 1. The van der Waals surface area contributed by atoms with Crippen molar-refractivity contribution in [1.29, 1.82) is 0 Å². The molecule has 15 heavy (non-hydrogen) atoms. The number of carbonyl (C=O) groups is 1. The molecule has 0 aliphatic heterocycles. The summed E-state index contributed by atoms with van der Waals surface area (Å²) in [6.07, 6.45) is 4.70. The van der Waals surface area contributed by atoms with Crippen molar-refractivity contribution in [1.82, 2.24) is 4.98 Å². The molecule has 3 heteroatoms. The summed E-state index contributed by atoms with van der Waals surface area (Å²) in [6.45, 7) is 3.48. The van der Waals surface area contributed by atoms with Crippen molar-refractivity contribution in [2.45, 2.75) is 39.2 Å². The molecule has 1 aliphatic carbocycles. The van der Waals surface area contributed by atoms with Crippen molar-refractivity contribution in [3.05, 3.63) is 29.1 Å². The van der Waals surface area contributed by atoms with Crippen LogP contribution in [0, 0.1) is 6.92 Å². The molecule has 1 aromatic heterocycles. The summed E-state index contributed by atoms with van der Waals surface area (Å²) in [5, 5.41) is 0. The molecular weight excluding hydrogens is 190 g/mol. The van der Waals surface area contributed by atoms with Crippen LogP contribution in [-0.4, -0.2) is 11.0 Å². The Morgan fingerprint density at radius 2 is 2.40 bits per heavy atom. The molecule has 0 fully saturated rings. The van der Waals surface area contributed by atoms with Gasteiger partial charge in [0.05, 0.1) is 5.69 Å². The number of pyridine rings is 1. The van der Waals surface area contributed by atoms with Gasteiger partial charge >= 0.3 is 5.97 Å². The quantitative estimate of drug-likeness (QED) is 0.660. The molecule has 0 unspecified atom stereocenters. The first-order chi connectivity index (χ1) is 7.16. The van der Waals surface area contributed by atoms with Crippen LogP contribution in [0.25, 0.3) is 0 Å². The van der Waals surface area contributed by atoms with Crippen LogP contribution in [-0.2, 0) is 16.0 Å². The number of ether oxygens (including phenoxy) is 1. The second-order valence-corrected chi connectivity index (χ2v) is 4.05. The molecule has 0 amide bonds. The molecule has 1 aliphatic rings. The highest BCUT2D eigenvalue weighted by molar-refractivity contribution is 5.66. The monoisotopic (exact) mass is 205 g/mol. The Hall–Kier alpha value is -1.38. The van der Waals surface area contributed by atoms with Crippen molar-refractivity contribution in [2.24, 2.45) is 0 Å². The van der Waals surface area contributed by atoms with Crippen molar-refractivity contribution in [2.75, 3.05) is 0 Å². The Balaban J connectivity index is 2.30. The molecule has 0 radical (unpaired) electrons. The molecule has 2 rings (SSSR count). The third kappa shape index (κ3) is 2.17. The van der Waals surface area contributed by atoms with E-state index < -0.39 is 0 Å². The van der Waals surface area contributed by atoms with E-state index in [1.54, 1.807) is 0 Å². The largest absolute Gasteiger partial charge is 0.456 e. The molecule has 0 N–H and O–H groups in total. The second-order valence-electron chi connectivity index (χ2n) is 4.05. The molecule has 0 spiro atoms. The maximum Gasteiger partial charge on any atom is 0.303 e. The van der Waals surface area contributed by atoms with Gasteiger partial charge in [0.25, 0.3) is 0 Å². The van der Waals surface area contributed by atoms with Crippen molar-refractivity contribution in [3.63, 3.8) is 0 Å². The number of nitrogens with zero attached hydrogens (tertiary/aromatic N) is 1. The fraction of sp³-hybridized carbons (Fsp3) is 0.500. The van der Waals surface area contributed by atoms with Gasteiger partial charge in [-0.3, -0.25) is 9.78 Å². The third-order valence-electron chi connectivity index (χ3n) is 2.66. The SMILES string of the molecule is CC(=O)O[C@@H]1CCCc2cc(C)cnc21. The number of rotatable bonds is 1. The first-order valence-corrected chi connectivity index (χ1v) is 5.29. The summed E-state index contributed by atoms with van der Waals surface area (Å²) in [7, 11) is 0. The van der Waals surface area contributed by atoms with E-state index in [2.05, 4.69) is 11.1 Å². The number of fused-ring (bicyclic) bond motifs is 1. The lowest BCUT2D eigenvalue weighted by Gasteiger charge is -2.24. The average molecular weight is 205 g/mol. The predicted octanol–water partition coefficient (Wildman–Crippen LogP) is 2.33. The van der Waals surface area contributed by atoms with E-state index in [1.807, 2.05) is 13.1 Å². The van der Waals surface area contributed by atoms with Gasteiger partial charge in [0.15, 0.2) is 0 Å². The van der Waals surface area contributed by atoms with E-state index in [0.29, 0.717) is 0 Å². The molecule has 0 bridgehead atoms. The summed E-state index contributed by atoms with van der Waals surface area (Å²) < 4.78 is 5.26. The van der Waals surface area contributed by atoms with Gasteiger partial charge in [-0.2, -0.15) is 0 Å². The molecule has 1 atom stereocenters. The molecule has 1 aromatic rings. The van der Waals surface area contributed by atoms with E-state index >= 15 is 0 Å². The van der Waals surface area contributed by atoms with Crippen LogP contribution >= 0.6 is 0 Å². The van der Waals surface area contributed by atoms with Crippen LogP contribution in [0.4, 0.5) is 0 Å². The van der Waals surface area contributed by atoms with Crippen LogP contribution < -0.4 is 0 Å². The van der Waals surface area contributed by atoms with Crippen LogP contribution in [0.1, 0.15) is 42.7 Å². The summed E-state index contributed by atoms with van der Waals surface area (Å²) in [6, 6.07) is 2.14. The van der Waals surface area contributed by atoms with Gasteiger partial charge in [0.1, 0.15) is 6.10 Å². The minimum Gasteiger partial charge on any atom is -0.456 e. The van der Waals surface area contributed by atoms with E-state index in [1.165, 1.54) is 12.5 Å². The first-order valence-electron chi connectivity index (χ1n) is 5.29. The maximum absolute atomic E-state index is 10.9. The molecule has 80 valence electrons. The molecule has 0 aromatic carbocycles. The smallest absolute Gasteiger partial charge is 0.303 e. The summed E-state index contributed by atoms with van der Waals surface area (Å²) >= 11 is 0. The number of aromatic nitrogens is 1. The summed E-state index contributed by atoms with van der Waals surface area (Å²) in [4.78, 5) is 15.3. The Morgan fingerprint density at radius 1 is 1.60 bits per heavy atom. The summed E-state index contributed by atoms with van der Waals surface area (Å²) in [5.41, 5.74) is 3.34. The topological polar surface area (TPSA) is 39.2 Å². The second kappa shape index (κ2) is 4.01. The van der Waals surface area contributed by atoms with Crippen LogP contribution in [0.5, 0.6) is 0 Å². The number of carbonyl (C=O) groups excluding carboxylic acids is 1. The lowest BCUT2D eigenvalue weighted by atomic mass is 9.93. The zero-order chi connectivity index (χ0) is 10.8. The Morgan fingerprint density at radius 3 is 3.13 bits per heavy atom. The minimum atomic E-state index is -0.227. The average Bonchev–Trinajstić information content (AvgIpc) is 2.16. The predicted molar refractivity (Wildman–Crippen MR) is 56.4 cm³/mol. The normalized spacial score (nSPS) is 19.5. The lowest BCUT2D eigenvalue weighted by molar-refractivity contribution is -0.147. The van der Waals surface area contributed by atoms with E-state index in [4.69, 9.17) is 4.74 Å². The fourth-order valence-corrected chi connectivity index (χ4v) is 2.06. The maximum atomic E-state index is 10.9. The van der Waals surface area contributed by atoms with Crippen LogP contribution in [0.2, 0.25) is 0 Å². The van der Waals surface area contributed by atoms with Gasteiger partial charge in [0, 0.05) is 13.1 Å². The van der Waals surface area contributed by atoms with Gasteiger partial charge in [-0.05, 0) is 37.3 Å². The Kier molecular flexibility index (Phi) is 2.71. The Labute approximate surface area is 89.5 Å². The van der Waals surface area contributed by atoms with Gasteiger partial charge in [-0.1, -0.05) is 6.07 Å². The van der Waals surface area contributed by atoms with E-state index in [9.17, 15) is 4.79 Å². The third-order valence-corrected chi connectivity index (χ3v) is 2.66. The van der Waals surface area contributed by atoms with Gasteiger partial charge in [-0.15, -0.1) is 0 Å². The number of hydrogen-bond donors (Lipinski definition) is 0. The standard InChI is InChI=1S/C12H15NO2/c1-8-6-10-4-3-5-11(15-9(2)14)12(10)13-7-8/h6-7,11H,3-5H2,1-2H3/t11-/m1/s1. The van der Waals surface area contributed by atoms with Crippen molar-refractivity contribution < 1.29 is 9.53 Å². The lowest BCUT2D eigenvalue weighted by Crippen LogP contribution is -2.17. The van der Waals surface area contributed by atoms with Crippen LogP contribution in [0.15, 0.2) is 12.3 Å². The van der Waals surface area contributed by atoms with Gasteiger partial charge in [0.2, 0.25) is 0 Å². The number of hydrogen-bond acceptors (Lipinski definition) is 3. The summed E-state index contributed by atoms with van der Waals surface area (Å²) in [5.74, 6) is -0.227. The van der Waals surface area contributed by atoms with Crippen molar-refractivity contribution >= 4 is 5.97 Å². The molecule has 3 nitrogen and oxygen atoms in total. The van der Waals surface area contributed by atoms with Gasteiger partial charge in [-0.25, -0.2) is 0 Å². The van der Waals surface area contributed by atoms with Crippen molar-refractivity contribution in [3.8, 4) is 0 Å². The number of aryl methyl sites for hydroxylation is 2. The Bertz CT molecular complexity index is 387. The highest BCUT2D eigenvalue weighted by atomic mass is 16.5. The van der Waals surface area contributed by atoms with E-state index in [0.717, 1.165) is 30.5 Å². The molecule has 0 saturated carbocycles. The van der Waals surface area contributed by atoms with E-state index in [-0.39, 0.29) is 12.1 Å². The zero-order valence-corrected chi connectivity index (χ0v) is 9.12. The fourth-order valence-electron chi connectivity index (χ4n) is 2.06. The first kappa shape index (κ1) is 10.1.